The third-order valence-electron chi connectivity index (χ3n) is 4.15. The number of anilines is 1. The molecule has 1 N–H and O–H groups in total. The first kappa shape index (κ1) is 15.5. The second-order valence-electron chi connectivity index (χ2n) is 5.69. The number of halogens is 1. The number of carbonyl (C=O) groups excluding carboxylic acids is 1. The summed E-state index contributed by atoms with van der Waals surface area (Å²) in [6, 6.07) is 5.70. The van der Waals surface area contributed by atoms with Crippen molar-refractivity contribution >= 4 is 17.6 Å². The lowest BCUT2D eigenvalue weighted by molar-refractivity contribution is -0.145. The third kappa shape index (κ3) is 3.23. The Hall–Kier alpha value is -1.91. The SMILES string of the molecule is CCN(C(=O)[C@H]1CC(C)C[C@H]1C(=O)O)c1ccc(F)cc1. The fourth-order valence-electron chi connectivity index (χ4n) is 3.12. The van der Waals surface area contributed by atoms with Crippen LogP contribution in [0.3, 0.4) is 0 Å². The summed E-state index contributed by atoms with van der Waals surface area (Å²) in [4.78, 5) is 25.6. The highest BCUT2D eigenvalue weighted by Crippen LogP contribution is 2.38. The number of carboxylic acids is 1. The van der Waals surface area contributed by atoms with E-state index in [0.29, 0.717) is 25.1 Å². The van der Waals surface area contributed by atoms with Gasteiger partial charge in [0, 0.05) is 12.2 Å². The molecule has 3 atom stereocenters. The second-order valence-corrected chi connectivity index (χ2v) is 5.69. The van der Waals surface area contributed by atoms with E-state index in [9.17, 15) is 19.1 Å². The lowest BCUT2D eigenvalue weighted by Gasteiger charge is -2.26. The molecule has 0 heterocycles. The van der Waals surface area contributed by atoms with Crippen LogP contribution in [-0.4, -0.2) is 23.5 Å². The monoisotopic (exact) mass is 293 g/mol. The molecule has 1 aromatic rings. The van der Waals surface area contributed by atoms with Crippen LogP contribution in [0.15, 0.2) is 24.3 Å². The van der Waals surface area contributed by atoms with E-state index in [1.54, 1.807) is 12.1 Å². The van der Waals surface area contributed by atoms with Crippen molar-refractivity contribution in [2.75, 3.05) is 11.4 Å². The van der Waals surface area contributed by atoms with E-state index in [4.69, 9.17) is 0 Å². The lowest BCUT2D eigenvalue weighted by atomic mass is 9.94. The highest BCUT2D eigenvalue weighted by molar-refractivity contribution is 5.97. The van der Waals surface area contributed by atoms with Crippen LogP contribution >= 0.6 is 0 Å². The highest BCUT2D eigenvalue weighted by atomic mass is 19.1. The van der Waals surface area contributed by atoms with Crippen LogP contribution in [0.1, 0.15) is 26.7 Å². The number of hydrogen-bond donors (Lipinski definition) is 1. The zero-order valence-electron chi connectivity index (χ0n) is 12.3. The van der Waals surface area contributed by atoms with E-state index in [0.717, 1.165) is 0 Å². The van der Waals surface area contributed by atoms with Gasteiger partial charge >= 0.3 is 5.97 Å². The predicted octanol–water partition coefficient (Wildman–Crippen LogP) is 2.93. The van der Waals surface area contributed by atoms with E-state index in [1.807, 2.05) is 13.8 Å². The van der Waals surface area contributed by atoms with Crippen molar-refractivity contribution in [2.24, 2.45) is 17.8 Å². The predicted molar refractivity (Wildman–Crippen MR) is 77.4 cm³/mol. The Bertz CT molecular complexity index is 529. The maximum absolute atomic E-state index is 13.0. The maximum Gasteiger partial charge on any atom is 0.307 e. The first-order chi connectivity index (χ1) is 9.93. The Morgan fingerprint density at radius 1 is 1.24 bits per heavy atom. The summed E-state index contributed by atoms with van der Waals surface area (Å²) in [5, 5.41) is 9.29. The molecule has 114 valence electrons. The first-order valence-corrected chi connectivity index (χ1v) is 7.23. The van der Waals surface area contributed by atoms with Gasteiger partial charge in [-0.2, -0.15) is 0 Å². The van der Waals surface area contributed by atoms with Gasteiger partial charge in [0.2, 0.25) is 5.91 Å². The van der Waals surface area contributed by atoms with Gasteiger partial charge in [-0.25, -0.2) is 4.39 Å². The normalized spacial score (nSPS) is 24.8. The van der Waals surface area contributed by atoms with Crippen LogP contribution in [-0.2, 0) is 9.59 Å². The Balaban J connectivity index is 2.23. The summed E-state index contributed by atoms with van der Waals surface area (Å²) >= 11 is 0. The summed E-state index contributed by atoms with van der Waals surface area (Å²) in [6.07, 6.45) is 1.13. The molecular formula is C16H20FNO3. The quantitative estimate of drug-likeness (QED) is 0.928. The van der Waals surface area contributed by atoms with E-state index >= 15 is 0 Å². The number of amides is 1. The molecule has 21 heavy (non-hydrogen) atoms. The number of carboxylic acid groups (broad SMARTS) is 1. The fourth-order valence-corrected chi connectivity index (χ4v) is 3.12. The first-order valence-electron chi connectivity index (χ1n) is 7.23. The van der Waals surface area contributed by atoms with Crippen LogP contribution in [0.4, 0.5) is 10.1 Å². The Morgan fingerprint density at radius 2 is 1.81 bits per heavy atom. The number of hydrogen-bond acceptors (Lipinski definition) is 2. The van der Waals surface area contributed by atoms with Gasteiger partial charge in [0.25, 0.3) is 0 Å². The second kappa shape index (κ2) is 6.24. The Morgan fingerprint density at radius 3 is 2.33 bits per heavy atom. The molecule has 1 amide bonds. The van der Waals surface area contributed by atoms with Crippen LogP contribution in [0, 0.1) is 23.6 Å². The highest BCUT2D eigenvalue weighted by Gasteiger charge is 2.42. The number of carbonyl (C=O) groups is 2. The summed E-state index contributed by atoms with van der Waals surface area (Å²) in [6.45, 7) is 4.23. The Labute approximate surface area is 123 Å². The minimum absolute atomic E-state index is 0.180. The van der Waals surface area contributed by atoms with Gasteiger partial charge in [-0.05, 0) is 49.9 Å². The van der Waals surface area contributed by atoms with Crippen molar-refractivity contribution in [2.45, 2.75) is 26.7 Å². The Kier molecular flexibility index (Phi) is 4.60. The molecule has 0 aliphatic heterocycles. The fraction of sp³-hybridized carbons (Fsp3) is 0.500. The van der Waals surface area contributed by atoms with Crippen LogP contribution < -0.4 is 4.90 Å². The van der Waals surface area contributed by atoms with Gasteiger partial charge in [-0.1, -0.05) is 6.92 Å². The van der Waals surface area contributed by atoms with E-state index < -0.39 is 17.8 Å². The van der Waals surface area contributed by atoms with E-state index in [2.05, 4.69) is 0 Å². The van der Waals surface area contributed by atoms with Crippen molar-refractivity contribution < 1.29 is 19.1 Å². The van der Waals surface area contributed by atoms with Crippen molar-refractivity contribution in [3.05, 3.63) is 30.1 Å². The maximum atomic E-state index is 13.0. The minimum Gasteiger partial charge on any atom is -0.481 e. The molecular weight excluding hydrogens is 273 g/mol. The molecule has 5 heteroatoms. The van der Waals surface area contributed by atoms with Crippen molar-refractivity contribution in [1.29, 1.82) is 0 Å². The molecule has 1 aromatic carbocycles. The number of nitrogens with zero attached hydrogens (tertiary/aromatic N) is 1. The third-order valence-corrected chi connectivity index (χ3v) is 4.15. The van der Waals surface area contributed by atoms with Gasteiger partial charge in [-0.3, -0.25) is 9.59 Å². The number of rotatable bonds is 4. The molecule has 2 rings (SSSR count). The van der Waals surface area contributed by atoms with Gasteiger partial charge in [0.05, 0.1) is 11.8 Å². The molecule has 4 nitrogen and oxygen atoms in total. The summed E-state index contributed by atoms with van der Waals surface area (Å²) in [7, 11) is 0. The molecule has 0 bridgehead atoms. The topological polar surface area (TPSA) is 57.6 Å². The van der Waals surface area contributed by atoms with Crippen molar-refractivity contribution in [1.82, 2.24) is 0 Å². The smallest absolute Gasteiger partial charge is 0.307 e. The largest absolute Gasteiger partial charge is 0.481 e. The summed E-state index contributed by atoms with van der Waals surface area (Å²) < 4.78 is 13.0. The van der Waals surface area contributed by atoms with Crippen LogP contribution in [0.2, 0.25) is 0 Å². The zero-order chi connectivity index (χ0) is 15.6. The molecule has 0 aromatic heterocycles. The van der Waals surface area contributed by atoms with E-state index in [1.165, 1.54) is 17.0 Å². The zero-order valence-corrected chi connectivity index (χ0v) is 12.3. The molecule has 0 radical (unpaired) electrons. The molecule has 1 aliphatic rings. The average Bonchev–Trinajstić information content (AvgIpc) is 2.84. The summed E-state index contributed by atoms with van der Waals surface area (Å²) in [5.74, 6) is -2.34. The lowest BCUT2D eigenvalue weighted by Crippen LogP contribution is -2.39. The van der Waals surface area contributed by atoms with E-state index in [-0.39, 0.29) is 17.6 Å². The standard InChI is InChI=1S/C16H20FNO3/c1-3-18(12-6-4-11(17)5-7-12)15(19)13-8-10(2)9-14(13)16(20)21/h4-7,10,13-14H,3,8-9H2,1-2H3,(H,20,21)/t10?,13-,14+/m0/s1. The summed E-state index contributed by atoms with van der Waals surface area (Å²) in [5.41, 5.74) is 0.604. The van der Waals surface area contributed by atoms with Gasteiger partial charge in [0.15, 0.2) is 0 Å². The molecule has 1 saturated carbocycles. The molecule has 0 spiro atoms. The minimum atomic E-state index is -0.909. The van der Waals surface area contributed by atoms with Gasteiger partial charge in [0.1, 0.15) is 5.82 Å². The van der Waals surface area contributed by atoms with Gasteiger partial charge in [-0.15, -0.1) is 0 Å². The number of aliphatic carboxylic acids is 1. The van der Waals surface area contributed by atoms with Crippen LogP contribution in [0.25, 0.3) is 0 Å². The molecule has 1 aliphatic carbocycles. The van der Waals surface area contributed by atoms with Gasteiger partial charge < -0.3 is 10.0 Å². The van der Waals surface area contributed by atoms with Crippen molar-refractivity contribution in [3.63, 3.8) is 0 Å². The molecule has 1 fully saturated rings. The van der Waals surface area contributed by atoms with Crippen LogP contribution in [0.5, 0.6) is 0 Å². The molecule has 1 unspecified atom stereocenters. The average molecular weight is 293 g/mol. The number of benzene rings is 1. The van der Waals surface area contributed by atoms with Crippen molar-refractivity contribution in [3.8, 4) is 0 Å². The molecule has 0 saturated heterocycles.